The molecule has 0 aromatic heterocycles. The second-order valence-corrected chi connectivity index (χ2v) is 7.14. The summed E-state index contributed by atoms with van der Waals surface area (Å²) in [4.78, 5) is 12.7. The molecule has 0 saturated carbocycles. The van der Waals surface area contributed by atoms with Crippen molar-refractivity contribution < 1.29 is 9.18 Å². The number of nitrogens with two attached hydrogens (primary N) is 1. The third kappa shape index (κ3) is 5.27. The molecule has 0 saturated heterocycles. The monoisotopic (exact) mass is 411 g/mol. The normalized spacial score (nSPS) is 11.7. The zero-order valence-electron chi connectivity index (χ0n) is 16.1. The molecule has 1 amide bonds. The minimum Gasteiger partial charge on any atom is -0.397 e. The Labute approximate surface area is 174 Å². The van der Waals surface area contributed by atoms with E-state index in [0.717, 1.165) is 17.5 Å². The maximum atomic E-state index is 13.2. The quantitative estimate of drug-likeness (QED) is 0.446. The van der Waals surface area contributed by atoms with Gasteiger partial charge in [-0.25, -0.2) is 4.39 Å². The molecule has 0 aliphatic heterocycles. The highest BCUT2D eigenvalue weighted by Crippen LogP contribution is 2.24. The van der Waals surface area contributed by atoms with Crippen LogP contribution in [0.2, 0.25) is 5.02 Å². The molecule has 0 unspecified atom stereocenters. The van der Waals surface area contributed by atoms with Gasteiger partial charge >= 0.3 is 0 Å². The van der Waals surface area contributed by atoms with Gasteiger partial charge in [-0.3, -0.25) is 4.79 Å². The Balaban J connectivity index is 1.67. The lowest BCUT2D eigenvalue weighted by molar-refractivity contribution is 0.0935. The van der Waals surface area contributed by atoms with Gasteiger partial charge in [-0.15, -0.1) is 0 Å². The van der Waals surface area contributed by atoms with Gasteiger partial charge in [0.2, 0.25) is 0 Å². The molecule has 0 aliphatic rings. The summed E-state index contributed by atoms with van der Waals surface area (Å²) in [5, 5.41) is 6.56. The van der Waals surface area contributed by atoms with Gasteiger partial charge in [0.15, 0.2) is 0 Å². The molecule has 0 fully saturated rings. The predicted octanol–water partition coefficient (Wildman–Crippen LogP) is 5.55. The van der Waals surface area contributed by atoms with E-state index in [1.165, 1.54) is 12.1 Å². The highest BCUT2D eigenvalue weighted by Gasteiger charge is 2.15. The molecule has 0 radical (unpaired) electrons. The summed E-state index contributed by atoms with van der Waals surface area (Å²) < 4.78 is 13.2. The average Bonchev–Trinajstić information content (AvgIpc) is 2.72. The number of benzene rings is 3. The van der Waals surface area contributed by atoms with Crippen LogP contribution in [0.1, 0.15) is 40.9 Å². The molecule has 3 rings (SSSR count). The van der Waals surface area contributed by atoms with Crippen LogP contribution in [0.3, 0.4) is 0 Å². The van der Waals surface area contributed by atoms with E-state index in [1.807, 2.05) is 37.3 Å². The largest absolute Gasteiger partial charge is 0.397 e. The minimum absolute atomic E-state index is 0.0663. The van der Waals surface area contributed by atoms with E-state index in [2.05, 4.69) is 10.6 Å². The lowest BCUT2D eigenvalue weighted by Gasteiger charge is -2.18. The van der Waals surface area contributed by atoms with Crippen molar-refractivity contribution in [3.8, 4) is 0 Å². The van der Waals surface area contributed by atoms with Gasteiger partial charge < -0.3 is 16.4 Å². The number of hydrogen-bond donors (Lipinski definition) is 3. The van der Waals surface area contributed by atoms with Gasteiger partial charge in [-0.05, 0) is 47.9 Å². The zero-order valence-corrected chi connectivity index (χ0v) is 16.8. The second-order valence-electron chi connectivity index (χ2n) is 6.74. The standard InChI is InChI=1S/C23H23ClFN3O/c1-2-21(15-6-4-3-5-7-15)28-23(29)16-9-11-22(20(26)12-16)27-14-17-8-10-18(25)13-19(17)24/h3-13,21,27H,2,14,26H2,1H3,(H,28,29)/t21-/m1/s1. The Kier molecular flexibility index (Phi) is 6.73. The number of rotatable bonds is 7. The van der Waals surface area contributed by atoms with E-state index < -0.39 is 0 Å². The average molecular weight is 412 g/mol. The van der Waals surface area contributed by atoms with Crippen LogP contribution in [-0.4, -0.2) is 5.91 Å². The minimum atomic E-state index is -0.380. The van der Waals surface area contributed by atoms with Crippen molar-refractivity contribution in [2.75, 3.05) is 11.1 Å². The van der Waals surface area contributed by atoms with Gasteiger partial charge in [0.1, 0.15) is 5.82 Å². The summed E-state index contributed by atoms with van der Waals surface area (Å²) in [5.41, 5.74) is 9.55. The zero-order chi connectivity index (χ0) is 20.8. The third-order valence-corrected chi connectivity index (χ3v) is 5.07. The number of amides is 1. The lowest BCUT2D eigenvalue weighted by atomic mass is 10.0. The van der Waals surface area contributed by atoms with E-state index in [9.17, 15) is 9.18 Å². The van der Waals surface area contributed by atoms with E-state index in [4.69, 9.17) is 17.3 Å². The molecular formula is C23H23ClFN3O. The van der Waals surface area contributed by atoms with Crippen LogP contribution in [0.25, 0.3) is 0 Å². The molecule has 6 heteroatoms. The number of nitrogens with one attached hydrogen (secondary N) is 2. The summed E-state index contributed by atoms with van der Waals surface area (Å²) in [6.45, 7) is 2.42. The summed E-state index contributed by atoms with van der Waals surface area (Å²) in [6.07, 6.45) is 0.781. The number of halogens is 2. The van der Waals surface area contributed by atoms with Crippen LogP contribution in [-0.2, 0) is 6.54 Å². The van der Waals surface area contributed by atoms with E-state index in [1.54, 1.807) is 24.3 Å². The molecular weight excluding hydrogens is 389 g/mol. The van der Waals surface area contributed by atoms with Crippen LogP contribution < -0.4 is 16.4 Å². The Morgan fingerprint density at radius 2 is 1.86 bits per heavy atom. The Morgan fingerprint density at radius 1 is 1.10 bits per heavy atom. The van der Waals surface area contributed by atoms with Gasteiger partial charge in [-0.2, -0.15) is 0 Å². The van der Waals surface area contributed by atoms with Crippen LogP contribution in [0, 0.1) is 5.82 Å². The van der Waals surface area contributed by atoms with Crippen molar-refractivity contribution in [2.24, 2.45) is 0 Å². The first-order valence-electron chi connectivity index (χ1n) is 9.41. The fraction of sp³-hybridized carbons (Fsp3) is 0.174. The van der Waals surface area contributed by atoms with E-state index >= 15 is 0 Å². The maximum Gasteiger partial charge on any atom is 0.251 e. The number of nitrogen functional groups attached to an aromatic ring is 1. The molecule has 29 heavy (non-hydrogen) atoms. The predicted molar refractivity (Wildman–Crippen MR) is 117 cm³/mol. The molecule has 0 aliphatic carbocycles. The Hall–Kier alpha value is -3.05. The summed E-state index contributed by atoms with van der Waals surface area (Å²) in [7, 11) is 0. The Morgan fingerprint density at radius 3 is 2.52 bits per heavy atom. The fourth-order valence-electron chi connectivity index (χ4n) is 3.07. The van der Waals surface area contributed by atoms with Gasteiger partial charge in [0.25, 0.3) is 5.91 Å². The first-order valence-corrected chi connectivity index (χ1v) is 9.79. The van der Waals surface area contributed by atoms with Crippen LogP contribution in [0.15, 0.2) is 66.7 Å². The van der Waals surface area contributed by atoms with Gasteiger partial charge in [0, 0.05) is 17.1 Å². The van der Waals surface area contributed by atoms with Gasteiger partial charge in [0.05, 0.1) is 17.4 Å². The first kappa shape index (κ1) is 20.7. The summed E-state index contributed by atoms with van der Waals surface area (Å²) in [6, 6.07) is 19.1. The summed E-state index contributed by atoms with van der Waals surface area (Å²) >= 11 is 6.05. The number of anilines is 2. The van der Waals surface area contributed by atoms with Crippen LogP contribution in [0.5, 0.6) is 0 Å². The third-order valence-electron chi connectivity index (χ3n) is 4.71. The SMILES string of the molecule is CC[C@@H](NC(=O)c1ccc(NCc2ccc(F)cc2Cl)c(N)c1)c1ccccc1. The number of carbonyl (C=O) groups is 1. The van der Waals surface area contributed by atoms with Gasteiger partial charge in [-0.1, -0.05) is 54.9 Å². The summed E-state index contributed by atoms with van der Waals surface area (Å²) in [5.74, 6) is -0.560. The molecule has 150 valence electrons. The topological polar surface area (TPSA) is 67.2 Å². The van der Waals surface area contributed by atoms with Crippen molar-refractivity contribution in [1.29, 1.82) is 0 Å². The molecule has 0 spiro atoms. The molecule has 3 aromatic rings. The molecule has 1 atom stereocenters. The molecule has 3 aromatic carbocycles. The lowest BCUT2D eigenvalue weighted by Crippen LogP contribution is -2.28. The Bertz CT molecular complexity index is 995. The molecule has 0 heterocycles. The highest BCUT2D eigenvalue weighted by atomic mass is 35.5. The highest BCUT2D eigenvalue weighted by molar-refractivity contribution is 6.31. The van der Waals surface area contributed by atoms with Crippen molar-refractivity contribution >= 4 is 28.9 Å². The van der Waals surface area contributed by atoms with E-state index in [-0.39, 0.29) is 17.8 Å². The first-order chi connectivity index (χ1) is 14.0. The smallest absolute Gasteiger partial charge is 0.251 e. The van der Waals surface area contributed by atoms with Crippen molar-refractivity contribution in [3.63, 3.8) is 0 Å². The fourth-order valence-corrected chi connectivity index (χ4v) is 3.30. The number of carbonyl (C=O) groups excluding carboxylic acids is 1. The van der Waals surface area contributed by atoms with Crippen molar-refractivity contribution in [3.05, 3.63) is 94.3 Å². The van der Waals surface area contributed by atoms with Crippen LogP contribution in [0.4, 0.5) is 15.8 Å². The molecule has 4 nitrogen and oxygen atoms in total. The maximum absolute atomic E-state index is 13.2. The number of hydrogen-bond acceptors (Lipinski definition) is 3. The van der Waals surface area contributed by atoms with Crippen molar-refractivity contribution in [2.45, 2.75) is 25.9 Å². The van der Waals surface area contributed by atoms with E-state index in [0.29, 0.717) is 28.5 Å². The van der Waals surface area contributed by atoms with Crippen LogP contribution >= 0.6 is 11.6 Å². The molecule has 4 N–H and O–H groups in total. The second kappa shape index (κ2) is 9.43. The molecule has 0 bridgehead atoms. The van der Waals surface area contributed by atoms with Crippen molar-refractivity contribution in [1.82, 2.24) is 5.32 Å².